The molecule has 156 valence electrons. The predicted molar refractivity (Wildman–Crippen MR) is 107 cm³/mol. The lowest BCUT2D eigenvalue weighted by Gasteiger charge is -2.30. The molecule has 1 aromatic carbocycles. The minimum atomic E-state index is -0.946. The van der Waals surface area contributed by atoms with Crippen LogP contribution in [0.2, 0.25) is 0 Å². The number of hydrogen-bond acceptors (Lipinski definition) is 8. The second-order valence-electron chi connectivity index (χ2n) is 6.42. The summed E-state index contributed by atoms with van der Waals surface area (Å²) in [5, 5.41) is 22.9. The molecule has 1 aliphatic heterocycles. The minimum absolute atomic E-state index is 0.00999. The van der Waals surface area contributed by atoms with Crippen LogP contribution in [0.3, 0.4) is 0 Å². The number of rotatable bonds is 8. The Labute approximate surface area is 173 Å². The van der Waals surface area contributed by atoms with Crippen molar-refractivity contribution in [3.05, 3.63) is 75.1 Å². The summed E-state index contributed by atoms with van der Waals surface area (Å²) >= 11 is 0. The number of nitro groups is 1. The number of hydrogen-bond donors (Lipinski definition) is 1. The molecule has 9 nitrogen and oxygen atoms in total. The number of ether oxygens (including phenoxy) is 2. The molecule has 0 radical (unpaired) electrons. The van der Waals surface area contributed by atoms with Gasteiger partial charge in [0, 0.05) is 23.5 Å². The smallest absolute Gasteiger partial charge is 0.337 e. The number of esters is 2. The third-order valence-electron chi connectivity index (χ3n) is 4.39. The fourth-order valence-electron chi connectivity index (χ4n) is 3.17. The van der Waals surface area contributed by atoms with Gasteiger partial charge in [-0.1, -0.05) is 24.8 Å². The van der Waals surface area contributed by atoms with Gasteiger partial charge >= 0.3 is 11.9 Å². The van der Waals surface area contributed by atoms with Crippen LogP contribution >= 0.6 is 0 Å². The Kier molecular flexibility index (Phi) is 7.47. The van der Waals surface area contributed by atoms with E-state index in [2.05, 4.69) is 11.9 Å². The van der Waals surface area contributed by atoms with Gasteiger partial charge in [0.1, 0.15) is 13.2 Å². The van der Waals surface area contributed by atoms with Crippen molar-refractivity contribution in [1.29, 1.82) is 5.26 Å². The Hall–Kier alpha value is -3.93. The van der Waals surface area contributed by atoms with E-state index in [1.165, 1.54) is 24.3 Å². The summed E-state index contributed by atoms with van der Waals surface area (Å²) in [6, 6.07) is 7.57. The fraction of sp³-hybridized carbons (Fsp3) is 0.286. The van der Waals surface area contributed by atoms with Crippen LogP contribution in [0.1, 0.15) is 31.7 Å². The molecular formula is C21H21N3O6. The molecule has 2 rings (SSSR count). The maximum absolute atomic E-state index is 12.8. The number of benzene rings is 1. The summed E-state index contributed by atoms with van der Waals surface area (Å²) in [5.41, 5.74) is 1.32. The van der Waals surface area contributed by atoms with E-state index in [0.717, 1.165) is 0 Å². The van der Waals surface area contributed by atoms with Gasteiger partial charge in [0.15, 0.2) is 0 Å². The van der Waals surface area contributed by atoms with Crippen molar-refractivity contribution in [2.24, 2.45) is 0 Å². The molecule has 0 spiro atoms. The van der Waals surface area contributed by atoms with Gasteiger partial charge in [-0.3, -0.25) is 10.1 Å². The maximum Gasteiger partial charge on any atom is 0.337 e. The zero-order chi connectivity index (χ0) is 22.3. The number of nitriles is 1. The molecule has 1 heterocycles. The normalized spacial score (nSPS) is 15.7. The van der Waals surface area contributed by atoms with Crippen molar-refractivity contribution < 1.29 is 24.0 Å². The van der Waals surface area contributed by atoms with Crippen molar-refractivity contribution in [2.45, 2.75) is 26.2 Å². The van der Waals surface area contributed by atoms with E-state index in [9.17, 15) is 19.7 Å². The zero-order valence-electron chi connectivity index (χ0n) is 16.6. The van der Waals surface area contributed by atoms with Crippen LogP contribution in [0.15, 0.2) is 59.5 Å². The predicted octanol–water partition coefficient (Wildman–Crippen LogP) is 3.02. The Balaban J connectivity index is 2.60. The topological polar surface area (TPSA) is 132 Å². The number of allylic oxidation sites excluding steroid dienone is 2. The Morgan fingerprint density at radius 3 is 2.47 bits per heavy atom. The molecule has 1 N–H and O–H groups in total. The summed E-state index contributed by atoms with van der Waals surface area (Å²) in [7, 11) is 0. The average molecular weight is 411 g/mol. The van der Waals surface area contributed by atoms with E-state index in [-0.39, 0.29) is 36.5 Å². The average Bonchev–Trinajstić information content (AvgIpc) is 2.71. The van der Waals surface area contributed by atoms with Gasteiger partial charge in [-0.15, -0.1) is 0 Å². The van der Waals surface area contributed by atoms with Crippen molar-refractivity contribution in [2.75, 3.05) is 13.2 Å². The standard InChI is InChI=1S/C21H21N3O6/c1-4-10-29-20(25)17-13(2)23-14(3)18(21(26)30-11-6-9-22)19(17)15-7-5-8-16(12-15)24(27)28/h4-5,7-8,12,19,23H,1,6,10-11H2,2-3H3. The van der Waals surface area contributed by atoms with Crippen LogP contribution in [0.4, 0.5) is 5.69 Å². The van der Waals surface area contributed by atoms with E-state index < -0.39 is 22.8 Å². The van der Waals surface area contributed by atoms with Crippen LogP contribution in [0.5, 0.6) is 0 Å². The SMILES string of the molecule is C=CCOC(=O)C1=C(C)NC(C)=C(C(=O)OCCC#N)C1c1cccc([N+](=O)[O-])c1. The highest BCUT2D eigenvalue weighted by Gasteiger charge is 2.38. The quantitative estimate of drug-likeness (QED) is 0.227. The fourth-order valence-corrected chi connectivity index (χ4v) is 3.17. The third-order valence-corrected chi connectivity index (χ3v) is 4.39. The second kappa shape index (κ2) is 10.0. The van der Waals surface area contributed by atoms with Crippen LogP contribution in [0.25, 0.3) is 0 Å². The zero-order valence-corrected chi connectivity index (χ0v) is 16.6. The van der Waals surface area contributed by atoms with Crippen LogP contribution in [-0.2, 0) is 19.1 Å². The first-order valence-electron chi connectivity index (χ1n) is 9.06. The van der Waals surface area contributed by atoms with Gasteiger partial charge in [0.05, 0.1) is 34.5 Å². The third kappa shape index (κ3) is 4.91. The molecule has 0 fully saturated rings. The van der Waals surface area contributed by atoms with Crippen LogP contribution < -0.4 is 5.32 Å². The van der Waals surface area contributed by atoms with Crippen LogP contribution in [-0.4, -0.2) is 30.1 Å². The first-order chi connectivity index (χ1) is 14.3. The molecule has 0 saturated heterocycles. The lowest BCUT2D eigenvalue weighted by molar-refractivity contribution is -0.384. The summed E-state index contributed by atoms with van der Waals surface area (Å²) < 4.78 is 10.4. The monoisotopic (exact) mass is 411 g/mol. The first-order valence-corrected chi connectivity index (χ1v) is 9.06. The molecular weight excluding hydrogens is 390 g/mol. The Morgan fingerprint density at radius 1 is 1.27 bits per heavy atom. The largest absolute Gasteiger partial charge is 0.461 e. The highest BCUT2D eigenvalue weighted by molar-refractivity contribution is 6.00. The van der Waals surface area contributed by atoms with Gasteiger partial charge in [-0.05, 0) is 19.4 Å². The van der Waals surface area contributed by atoms with E-state index in [1.807, 2.05) is 6.07 Å². The molecule has 1 aliphatic rings. The molecule has 0 saturated carbocycles. The van der Waals surface area contributed by atoms with E-state index in [0.29, 0.717) is 17.0 Å². The van der Waals surface area contributed by atoms with Gasteiger partial charge in [0.2, 0.25) is 0 Å². The lowest BCUT2D eigenvalue weighted by atomic mass is 9.80. The number of dihydropyridines is 1. The molecule has 1 unspecified atom stereocenters. The number of non-ortho nitro benzene ring substituents is 1. The minimum Gasteiger partial charge on any atom is -0.461 e. The van der Waals surface area contributed by atoms with Crippen molar-refractivity contribution in [1.82, 2.24) is 5.32 Å². The molecule has 0 aliphatic carbocycles. The Morgan fingerprint density at radius 2 is 1.90 bits per heavy atom. The molecule has 30 heavy (non-hydrogen) atoms. The number of nitro benzene ring substituents is 1. The first kappa shape index (κ1) is 22.4. The van der Waals surface area contributed by atoms with Crippen molar-refractivity contribution in [3.63, 3.8) is 0 Å². The maximum atomic E-state index is 12.8. The molecule has 0 bridgehead atoms. The lowest BCUT2D eigenvalue weighted by Crippen LogP contribution is -2.32. The Bertz CT molecular complexity index is 987. The second-order valence-corrected chi connectivity index (χ2v) is 6.42. The van der Waals surface area contributed by atoms with Crippen molar-refractivity contribution in [3.8, 4) is 6.07 Å². The van der Waals surface area contributed by atoms with Gasteiger partial charge in [-0.2, -0.15) is 5.26 Å². The molecule has 1 aromatic rings. The number of nitrogens with one attached hydrogen (secondary N) is 1. The van der Waals surface area contributed by atoms with Gasteiger partial charge in [-0.25, -0.2) is 9.59 Å². The van der Waals surface area contributed by atoms with E-state index >= 15 is 0 Å². The summed E-state index contributed by atoms with van der Waals surface area (Å²) in [4.78, 5) is 36.3. The number of carbonyl (C=O) groups excluding carboxylic acids is 2. The summed E-state index contributed by atoms with van der Waals surface area (Å²) in [6.45, 7) is 6.64. The molecule has 1 atom stereocenters. The summed E-state index contributed by atoms with van der Waals surface area (Å²) in [6.07, 6.45) is 1.42. The molecule has 9 heteroatoms. The highest BCUT2D eigenvalue weighted by atomic mass is 16.6. The van der Waals surface area contributed by atoms with Gasteiger partial charge in [0.25, 0.3) is 5.69 Å². The van der Waals surface area contributed by atoms with Gasteiger partial charge < -0.3 is 14.8 Å². The summed E-state index contributed by atoms with van der Waals surface area (Å²) in [5.74, 6) is -2.36. The molecule has 0 amide bonds. The number of nitrogens with zero attached hydrogens (tertiary/aromatic N) is 2. The van der Waals surface area contributed by atoms with E-state index in [1.54, 1.807) is 19.9 Å². The highest BCUT2D eigenvalue weighted by Crippen LogP contribution is 2.40. The van der Waals surface area contributed by atoms with E-state index in [4.69, 9.17) is 14.7 Å². The molecule has 0 aromatic heterocycles. The van der Waals surface area contributed by atoms with Crippen molar-refractivity contribution >= 4 is 17.6 Å². The van der Waals surface area contributed by atoms with Crippen LogP contribution in [0, 0.1) is 21.4 Å². The number of carbonyl (C=O) groups is 2.